The van der Waals surface area contributed by atoms with Crippen LogP contribution in [-0.4, -0.2) is 23.2 Å². The van der Waals surface area contributed by atoms with E-state index in [1.54, 1.807) is 0 Å². The molecule has 0 aromatic heterocycles. The van der Waals surface area contributed by atoms with Gasteiger partial charge in [0.25, 0.3) is 5.29 Å². The van der Waals surface area contributed by atoms with E-state index < -0.39 is 0 Å². The lowest BCUT2D eigenvalue weighted by Gasteiger charge is -2.08. The van der Waals surface area contributed by atoms with Gasteiger partial charge in [-0.05, 0) is 24.4 Å². The molecule has 0 aromatic rings. The molecule has 0 heterocycles. The van der Waals surface area contributed by atoms with Crippen LogP contribution in [0.2, 0.25) is 0 Å². The minimum atomic E-state index is 0.00806. The number of aliphatic imine (C=N–C) groups is 1. The fourth-order valence-corrected chi connectivity index (χ4v) is 0.720. The van der Waals surface area contributed by atoms with E-state index in [1.807, 2.05) is 20.8 Å². The normalized spacial score (nSPS) is 16.8. The Labute approximate surface area is 77.5 Å². The van der Waals surface area contributed by atoms with Crippen LogP contribution in [0.5, 0.6) is 0 Å². The van der Waals surface area contributed by atoms with E-state index in [9.17, 15) is 5.21 Å². The number of nitrogens with zero attached hydrogens (tertiary/aromatic N) is 3. The monoisotopic (exact) mass is 191 g/mol. The number of amidine groups is 1. The fraction of sp³-hybridized carbons (Fsp3) is 0.857. The van der Waals surface area contributed by atoms with Crippen LogP contribution < -0.4 is 0 Å². The molecule has 0 spiro atoms. The third-order valence-electron chi connectivity index (χ3n) is 1.50. The molecule has 0 aromatic carbocycles. The molecule has 0 rings (SSSR count). The highest BCUT2D eigenvalue weighted by Crippen LogP contribution is 2.06. The molecule has 0 amide bonds. The summed E-state index contributed by atoms with van der Waals surface area (Å²) >= 11 is 5.56. The van der Waals surface area contributed by atoms with E-state index in [1.165, 1.54) is 7.05 Å². The molecule has 0 N–H and O–H groups in total. The maximum absolute atomic E-state index is 10.4. The molecule has 4 nitrogen and oxygen atoms in total. The van der Waals surface area contributed by atoms with Crippen molar-refractivity contribution in [1.82, 2.24) is 0 Å². The number of hydrogen-bond acceptors (Lipinski definition) is 2. The van der Waals surface area contributed by atoms with Crippen molar-refractivity contribution in [1.29, 1.82) is 0 Å². The lowest BCUT2D eigenvalue weighted by atomic mass is 10.1. The van der Waals surface area contributed by atoms with Crippen LogP contribution >= 0.6 is 11.6 Å². The molecule has 5 heteroatoms. The van der Waals surface area contributed by atoms with Crippen molar-refractivity contribution in [2.45, 2.75) is 26.8 Å². The van der Waals surface area contributed by atoms with Crippen molar-refractivity contribution in [3.63, 3.8) is 0 Å². The van der Waals surface area contributed by atoms with E-state index in [0.717, 1.165) is 0 Å². The molecule has 0 fully saturated rings. The third-order valence-corrected chi connectivity index (χ3v) is 1.67. The van der Waals surface area contributed by atoms with Crippen LogP contribution in [0.25, 0.3) is 0 Å². The Morgan fingerprint density at radius 1 is 1.42 bits per heavy atom. The predicted octanol–water partition coefficient (Wildman–Crippen LogP) is 2.22. The molecule has 0 aliphatic rings. The Morgan fingerprint density at radius 2 is 1.92 bits per heavy atom. The third kappa shape index (κ3) is 5.07. The molecule has 1 atom stereocenters. The number of azo groups is 1. The smallest absolute Gasteiger partial charge is 0.284 e. The molecule has 12 heavy (non-hydrogen) atoms. The highest BCUT2D eigenvalue weighted by Gasteiger charge is 2.06. The van der Waals surface area contributed by atoms with E-state index >= 15 is 0 Å². The molecule has 70 valence electrons. The molecule has 0 aliphatic heterocycles. The summed E-state index contributed by atoms with van der Waals surface area (Å²) in [4.78, 5) is 4.38. The first-order chi connectivity index (χ1) is 5.43. The van der Waals surface area contributed by atoms with Crippen molar-refractivity contribution >= 4 is 16.9 Å². The van der Waals surface area contributed by atoms with Gasteiger partial charge < -0.3 is 5.21 Å². The van der Waals surface area contributed by atoms with Gasteiger partial charge in [-0.25, -0.2) is 4.99 Å². The number of halogens is 1. The first kappa shape index (κ1) is 11.4. The van der Waals surface area contributed by atoms with Crippen molar-refractivity contribution in [2.75, 3.05) is 7.05 Å². The van der Waals surface area contributed by atoms with Gasteiger partial charge in [0.1, 0.15) is 0 Å². The standard InChI is InChI=1S/C7H14ClN3O/c1-5(2)6(3)9-7(8)10-11(4)12/h5-6H,1-4H3/b9-7-,11-10+. The first-order valence-corrected chi connectivity index (χ1v) is 4.17. The number of hydroxylamine groups is 1. The van der Waals surface area contributed by atoms with E-state index in [4.69, 9.17) is 11.6 Å². The van der Waals surface area contributed by atoms with E-state index in [0.29, 0.717) is 10.8 Å². The summed E-state index contributed by atoms with van der Waals surface area (Å²) < 4.78 is 0. The molecule has 0 saturated heterocycles. The Bertz CT molecular complexity index is 197. The van der Waals surface area contributed by atoms with Gasteiger partial charge in [0.2, 0.25) is 0 Å². The molecular weight excluding hydrogens is 178 g/mol. The molecule has 0 saturated carbocycles. The molecule has 0 aliphatic carbocycles. The summed E-state index contributed by atoms with van der Waals surface area (Å²) in [6.07, 6.45) is 0. The van der Waals surface area contributed by atoms with E-state index in [-0.39, 0.29) is 11.3 Å². The minimum absolute atomic E-state index is 0.00806. The van der Waals surface area contributed by atoms with Crippen molar-refractivity contribution < 1.29 is 4.86 Å². The second-order valence-electron chi connectivity index (χ2n) is 2.95. The van der Waals surface area contributed by atoms with Crippen molar-refractivity contribution in [3.8, 4) is 0 Å². The summed E-state index contributed by atoms with van der Waals surface area (Å²) in [5.74, 6) is 0.394. The fourth-order valence-electron chi connectivity index (χ4n) is 0.459. The zero-order valence-electron chi connectivity index (χ0n) is 7.78. The van der Waals surface area contributed by atoms with Crippen LogP contribution in [0.1, 0.15) is 20.8 Å². The predicted molar refractivity (Wildman–Crippen MR) is 49.6 cm³/mol. The zero-order valence-corrected chi connectivity index (χ0v) is 8.54. The topological polar surface area (TPSA) is 50.8 Å². The Hall–Kier alpha value is -0.640. The summed E-state index contributed by atoms with van der Waals surface area (Å²) in [5, 5.41) is 13.8. The first-order valence-electron chi connectivity index (χ1n) is 3.79. The van der Waals surface area contributed by atoms with Crippen LogP contribution in [0.3, 0.4) is 0 Å². The summed E-state index contributed by atoms with van der Waals surface area (Å²) in [6, 6.07) is 0.0844. The van der Waals surface area contributed by atoms with Crippen LogP contribution in [0.4, 0.5) is 0 Å². The van der Waals surface area contributed by atoms with Crippen molar-refractivity contribution in [2.24, 2.45) is 16.0 Å². The highest BCUT2D eigenvalue weighted by molar-refractivity contribution is 6.64. The highest BCUT2D eigenvalue weighted by atomic mass is 35.5. The number of hydrogen-bond donors (Lipinski definition) is 0. The largest absolute Gasteiger partial charge is 0.600 e. The van der Waals surface area contributed by atoms with Gasteiger partial charge in [0, 0.05) is 5.11 Å². The molecule has 0 radical (unpaired) electrons. The van der Waals surface area contributed by atoms with Crippen LogP contribution in [0, 0.1) is 11.1 Å². The molecular formula is C7H14ClN3O. The van der Waals surface area contributed by atoms with Crippen molar-refractivity contribution in [3.05, 3.63) is 5.21 Å². The zero-order chi connectivity index (χ0) is 9.72. The van der Waals surface area contributed by atoms with Gasteiger partial charge in [0.05, 0.1) is 6.04 Å². The lowest BCUT2D eigenvalue weighted by Crippen LogP contribution is -2.09. The molecule has 0 bridgehead atoms. The van der Waals surface area contributed by atoms with E-state index in [2.05, 4.69) is 10.1 Å². The van der Waals surface area contributed by atoms with Crippen LogP contribution in [0.15, 0.2) is 10.1 Å². The Kier molecular flexibility index (Phi) is 4.81. The SMILES string of the molecule is CC(C)C(C)/N=C(Cl)\N=[N+](/C)[O-]. The van der Waals surface area contributed by atoms with Gasteiger partial charge in [-0.3, -0.25) is 0 Å². The second-order valence-corrected chi connectivity index (χ2v) is 3.29. The lowest BCUT2D eigenvalue weighted by molar-refractivity contribution is -0.490. The quantitative estimate of drug-likeness (QED) is 0.165. The van der Waals surface area contributed by atoms with Gasteiger partial charge in [-0.1, -0.05) is 18.7 Å². The molecule has 1 unspecified atom stereocenters. The Balaban J connectivity index is 4.26. The average molecular weight is 192 g/mol. The van der Waals surface area contributed by atoms with Gasteiger partial charge >= 0.3 is 0 Å². The Morgan fingerprint density at radius 3 is 2.25 bits per heavy atom. The maximum atomic E-state index is 10.4. The average Bonchev–Trinajstić information content (AvgIpc) is 1.84. The number of rotatable bonds is 2. The second kappa shape index (κ2) is 5.09. The summed E-state index contributed by atoms with van der Waals surface area (Å²) in [6.45, 7) is 5.98. The summed E-state index contributed by atoms with van der Waals surface area (Å²) in [5.41, 5.74) is 0. The maximum Gasteiger partial charge on any atom is 0.284 e. The minimum Gasteiger partial charge on any atom is -0.600 e. The van der Waals surface area contributed by atoms with Gasteiger partial charge in [0.15, 0.2) is 7.05 Å². The van der Waals surface area contributed by atoms with Gasteiger partial charge in [-0.15, -0.1) is 0 Å². The summed E-state index contributed by atoms with van der Waals surface area (Å²) in [7, 11) is 1.26. The van der Waals surface area contributed by atoms with Crippen LogP contribution in [-0.2, 0) is 0 Å². The van der Waals surface area contributed by atoms with Gasteiger partial charge in [-0.2, -0.15) is 0 Å².